The van der Waals surface area contributed by atoms with E-state index >= 15 is 0 Å². The molecule has 0 unspecified atom stereocenters. The van der Waals surface area contributed by atoms with Gasteiger partial charge in [0.15, 0.2) is 0 Å². The molecule has 1 heterocycles. The summed E-state index contributed by atoms with van der Waals surface area (Å²) in [5.41, 5.74) is 1.97. The van der Waals surface area contributed by atoms with Crippen LogP contribution in [0.2, 0.25) is 0 Å². The van der Waals surface area contributed by atoms with Crippen molar-refractivity contribution in [2.45, 2.75) is 42.3 Å². The highest BCUT2D eigenvalue weighted by molar-refractivity contribution is 7.99. The van der Waals surface area contributed by atoms with E-state index in [1.54, 1.807) is 23.9 Å². The first-order valence-corrected chi connectivity index (χ1v) is 7.63. The van der Waals surface area contributed by atoms with E-state index in [0.717, 1.165) is 27.7 Å². The molecular formula is C15H18FN3S. The third-order valence-electron chi connectivity index (χ3n) is 3.28. The van der Waals surface area contributed by atoms with Gasteiger partial charge in [-0.2, -0.15) is 5.10 Å². The zero-order valence-corrected chi connectivity index (χ0v) is 12.5. The third kappa shape index (κ3) is 3.41. The summed E-state index contributed by atoms with van der Waals surface area (Å²) >= 11 is 1.55. The summed E-state index contributed by atoms with van der Waals surface area (Å²) in [5.74, 6) is -0.179. The molecule has 1 N–H and O–H groups in total. The molecule has 0 bridgehead atoms. The first kappa shape index (κ1) is 13.6. The molecule has 1 aromatic carbocycles. The number of aromatic nitrogens is 2. The van der Waals surface area contributed by atoms with E-state index in [2.05, 4.69) is 10.4 Å². The molecule has 0 spiro atoms. The van der Waals surface area contributed by atoms with Crippen molar-refractivity contribution < 1.29 is 4.39 Å². The van der Waals surface area contributed by atoms with Crippen molar-refractivity contribution in [3.05, 3.63) is 41.3 Å². The quantitative estimate of drug-likeness (QED) is 0.917. The average molecular weight is 291 g/mol. The molecule has 3 nitrogen and oxygen atoms in total. The van der Waals surface area contributed by atoms with E-state index in [0.29, 0.717) is 6.04 Å². The van der Waals surface area contributed by atoms with E-state index in [1.165, 1.54) is 12.8 Å². The topological polar surface area (TPSA) is 29.9 Å². The Morgan fingerprint density at radius 1 is 1.35 bits per heavy atom. The van der Waals surface area contributed by atoms with Crippen molar-refractivity contribution in [3.8, 4) is 0 Å². The monoisotopic (exact) mass is 291 g/mol. The summed E-state index contributed by atoms with van der Waals surface area (Å²) in [7, 11) is 1.91. The fraction of sp³-hybridized carbons (Fsp3) is 0.400. The summed E-state index contributed by atoms with van der Waals surface area (Å²) < 4.78 is 15.5. The second kappa shape index (κ2) is 5.58. The van der Waals surface area contributed by atoms with Crippen LogP contribution in [0.15, 0.2) is 34.2 Å². The van der Waals surface area contributed by atoms with Crippen LogP contribution in [-0.4, -0.2) is 15.8 Å². The highest BCUT2D eigenvalue weighted by Gasteiger charge is 2.20. The number of nitrogens with zero attached hydrogens (tertiary/aromatic N) is 2. The van der Waals surface area contributed by atoms with Crippen molar-refractivity contribution in [2.75, 3.05) is 0 Å². The SMILES string of the molecule is Cc1cc(Sc2cc(F)cc(CNC3CC3)c2)n(C)n1. The molecule has 0 saturated heterocycles. The van der Waals surface area contributed by atoms with Crippen LogP contribution in [0.5, 0.6) is 0 Å². The van der Waals surface area contributed by atoms with Crippen LogP contribution in [0.1, 0.15) is 24.1 Å². The molecule has 5 heteroatoms. The highest BCUT2D eigenvalue weighted by atomic mass is 32.2. The summed E-state index contributed by atoms with van der Waals surface area (Å²) in [5, 5.41) is 8.75. The minimum atomic E-state index is -0.179. The predicted molar refractivity (Wildman–Crippen MR) is 78.3 cm³/mol. The van der Waals surface area contributed by atoms with Gasteiger partial charge in [0.25, 0.3) is 0 Å². The Morgan fingerprint density at radius 2 is 2.15 bits per heavy atom. The Morgan fingerprint density at radius 3 is 2.80 bits per heavy atom. The fourth-order valence-electron chi connectivity index (χ4n) is 2.13. The number of benzene rings is 1. The van der Waals surface area contributed by atoms with Crippen molar-refractivity contribution in [3.63, 3.8) is 0 Å². The van der Waals surface area contributed by atoms with Crippen LogP contribution >= 0.6 is 11.8 Å². The minimum absolute atomic E-state index is 0.179. The molecule has 3 rings (SSSR count). The van der Waals surface area contributed by atoms with Gasteiger partial charge in [-0.3, -0.25) is 4.68 Å². The number of hydrogen-bond acceptors (Lipinski definition) is 3. The fourth-order valence-corrected chi connectivity index (χ4v) is 3.16. The Hall–Kier alpha value is -1.33. The molecular weight excluding hydrogens is 273 g/mol. The third-order valence-corrected chi connectivity index (χ3v) is 4.35. The molecule has 1 aliphatic rings. The lowest BCUT2D eigenvalue weighted by Crippen LogP contribution is -2.15. The Balaban J connectivity index is 1.76. The standard InChI is InChI=1S/C15H18FN3S/c1-10-5-15(19(2)18-10)20-14-7-11(6-12(16)8-14)9-17-13-3-4-13/h5-8,13,17H,3-4,9H2,1-2H3. The van der Waals surface area contributed by atoms with E-state index in [9.17, 15) is 4.39 Å². The summed E-state index contributed by atoms with van der Waals surface area (Å²) in [6.07, 6.45) is 2.48. The Kier molecular flexibility index (Phi) is 3.81. The molecule has 1 fully saturated rings. The molecule has 0 amide bonds. The highest BCUT2D eigenvalue weighted by Crippen LogP contribution is 2.29. The first-order chi connectivity index (χ1) is 9.60. The number of hydrogen-bond donors (Lipinski definition) is 1. The average Bonchev–Trinajstić information content (AvgIpc) is 3.14. The molecule has 1 aromatic heterocycles. The lowest BCUT2D eigenvalue weighted by molar-refractivity contribution is 0.615. The second-order valence-electron chi connectivity index (χ2n) is 5.30. The van der Waals surface area contributed by atoms with Gasteiger partial charge in [0, 0.05) is 24.5 Å². The van der Waals surface area contributed by atoms with E-state index in [4.69, 9.17) is 0 Å². The van der Waals surface area contributed by atoms with Gasteiger partial charge < -0.3 is 5.32 Å². The van der Waals surface area contributed by atoms with E-state index < -0.39 is 0 Å². The lowest BCUT2D eigenvalue weighted by atomic mass is 10.2. The van der Waals surface area contributed by atoms with Gasteiger partial charge >= 0.3 is 0 Å². The minimum Gasteiger partial charge on any atom is -0.310 e. The van der Waals surface area contributed by atoms with Crippen molar-refractivity contribution >= 4 is 11.8 Å². The molecule has 0 atom stereocenters. The van der Waals surface area contributed by atoms with Gasteiger partial charge in [-0.05, 0) is 49.6 Å². The van der Waals surface area contributed by atoms with Gasteiger partial charge in [-0.15, -0.1) is 0 Å². The maximum Gasteiger partial charge on any atom is 0.124 e. The van der Waals surface area contributed by atoms with Crippen LogP contribution in [0.25, 0.3) is 0 Å². The molecule has 1 saturated carbocycles. The number of aryl methyl sites for hydroxylation is 2. The van der Waals surface area contributed by atoms with Crippen molar-refractivity contribution in [1.82, 2.24) is 15.1 Å². The normalized spacial score (nSPS) is 14.8. The van der Waals surface area contributed by atoms with Gasteiger partial charge in [0.05, 0.1) is 10.7 Å². The predicted octanol–water partition coefficient (Wildman–Crippen LogP) is 3.27. The molecule has 1 aliphatic carbocycles. The maximum absolute atomic E-state index is 13.7. The summed E-state index contributed by atoms with van der Waals surface area (Å²) in [6.45, 7) is 2.70. The molecule has 0 aliphatic heterocycles. The molecule has 106 valence electrons. The summed E-state index contributed by atoms with van der Waals surface area (Å²) in [4.78, 5) is 0.917. The first-order valence-electron chi connectivity index (χ1n) is 6.81. The van der Waals surface area contributed by atoms with Crippen LogP contribution in [0, 0.1) is 12.7 Å². The van der Waals surface area contributed by atoms with Crippen molar-refractivity contribution in [2.24, 2.45) is 7.05 Å². The van der Waals surface area contributed by atoms with Crippen LogP contribution in [0.4, 0.5) is 4.39 Å². The molecule has 0 radical (unpaired) electrons. The van der Waals surface area contributed by atoms with E-state index in [-0.39, 0.29) is 5.82 Å². The zero-order chi connectivity index (χ0) is 14.1. The summed E-state index contributed by atoms with van der Waals surface area (Å²) in [6, 6.07) is 7.87. The largest absolute Gasteiger partial charge is 0.310 e. The smallest absolute Gasteiger partial charge is 0.124 e. The van der Waals surface area contributed by atoms with Crippen molar-refractivity contribution in [1.29, 1.82) is 0 Å². The van der Waals surface area contributed by atoms with E-state index in [1.807, 2.05) is 30.8 Å². The molecule has 2 aromatic rings. The van der Waals surface area contributed by atoms with Gasteiger partial charge in [-0.25, -0.2) is 4.39 Å². The number of rotatable bonds is 5. The number of nitrogens with one attached hydrogen (secondary N) is 1. The van der Waals surface area contributed by atoms with Gasteiger partial charge in [0.2, 0.25) is 0 Å². The van der Waals surface area contributed by atoms with Crippen LogP contribution in [0.3, 0.4) is 0 Å². The number of halogens is 1. The Labute approximate surface area is 122 Å². The lowest BCUT2D eigenvalue weighted by Gasteiger charge is -2.07. The van der Waals surface area contributed by atoms with Crippen LogP contribution < -0.4 is 5.32 Å². The second-order valence-corrected chi connectivity index (χ2v) is 6.39. The maximum atomic E-state index is 13.7. The zero-order valence-electron chi connectivity index (χ0n) is 11.7. The molecule has 20 heavy (non-hydrogen) atoms. The Bertz CT molecular complexity index is 620. The van der Waals surface area contributed by atoms with Crippen LogP contribution in [-0.2, 0) is 13.6 Å². The van der Waals surface area contributed by atoms with Gasteiger partial charge in [0.1, 0.15) is 5.82 Å². The van der Waals surface area contributed by atoms with Gasteiger partial charge in [-0.1, -0.05) is 11.8 Å².